The molecule has 0 N–H and O–H groups in total. The minimum absolute atomic E-state index is 0.0971. The molecule has 0 radical (unpaired) electrons. The maximum absolute atomic E-state index is 12.9. The number of rotatable bonds is 4. The van der Waals surface area contributed by atoms with Crippen LogP contribution in [0.25, 0.3) is 22.2 Å². The van der Waals surface area contributed by atoms with Gasteiger partial charge in [0, 0.05) is 54.3 Å². The molecule has 6 nitrogen and oxygen atoms in total. The molecule has 5 heterocycles. The standard InChI is InChI=1S/C25H22Cl2N4O2S/c26-22-2-1-15(5-23(22)27)9-29-4-3-16(6-24(29)32)21-12-31(34)25-20(21)7-19(8-28-25)30-10-17-13-33-14-18(17)11-30/h1-8,12,17-18,34H,9-11,13-14H2. The molecule has 2 unspecified atom stereocenters. The summed E-state index contributed by atoms with van der Waals surface area (Å²) in [5.74, 6) is 1.18. The first kappa shape index (κ1) is 22.0. The molecule has 0 saturated carbocycles. The lowest BCUT2D eigenvalue weighted by Gasteiger charge is -2.19. The molecule has 2 atom stereocenters. The second-order valence-corrected chi connectivity index (χ2v) is 10.3. The van der Waals surface area contributed by atoms with Crippen molar-refractivity contribution >= 4 is 52.7 Å². The Morgan fingerprint density at radius 2 is 1.85 bits per heavy atom. The highest BCUT2D eigenvalue weighted by Gasteiger charge is 2.37. The van der Waals surface area contributed by atoms with Gasteiger partial charge in [0.05, 0.1) is 41.7 Å². The Kier molecular flexibility index (Phi) is 5.60. The Bertz CT molecular complexity index is 1460. The van der Waals surface area contributed by atoms with E-state index < -0.39 is 0 Å². The zero-order chi connectivity index (χ0) is 23.4. The summed E-state index contributed by atoms with van der Waals surface area (Å²) in [7, 11) is 0. The molecule has 2 fully saturated rings. The van der Waals surface area contributed by atoms with E-state index in [4.69, 9.17) is 27.9 Å². The van der Waals surface area contributed by atoms with Crippen LogP contribution in [0.15, 0.2) is 59.8 Å². The molecule has 34 heavy (non-hydrogen) atoms. The average Bonchev–Trinajstić information content (AvgIpc) is 3.51. The fourth-order valence-electron chi connectivity index (χ4n) is 5.02. The number of halogens is 2. The van der Waals surface area contributed by atoms with Crippen molar-refractivity contribution in [1.82, 2.24) is 13.5 Å². The number of fused-ring (bicyclic) bond motifs is 2. The van der Waals surface area contributed by atoms with Gasteiger partial charge in [-0.15, -0.1) is 0 Å². The summed E-state index contributed by atoms with van der Waals surface area (Å²) in [5, 5.41) is 1.94. The SMILES string of the molecule is O=c1cc(-c2cn(S)c3ncc(N4CC5COCC5C4)cc23)ccn1Cc1ccc(Cl)c(Cl)c1. The summed E-state index contributed by atoms with van der Waals surface area (Å²) in [5.41, 5.74) is 4.44. The molecule has 1 aromatic carbocycles. The van der Waals surface area contributed by atoms with E-state index in [1.54, 1.807) is 32.9 Å². The van der Waals surface area contributed by atoms with E-state index in [1.807, 2.05) is 24.5 Å². The second-order valence-electron chi connectivity index (χ2n) is 9.04. The van der Waals surface area contributed by atoms with Gasteiger partial charge in [0.25, 0.3) is 5.56 Å². The number of hydrogen-bond donors (Lipinski definition) is 1. The van der Waals surface area contributed by atoms with E-state index in [-0.39, 0.29) is 5.56 Å². The Balaban J connectivity index is 1.32. The lowest BCUT2D eigenvalue weighted by Crippen LogP contribution is -2.22. The molecule has 174 valence electrons. The molecule has 0 spiro atoms. The maximum atomic E-state index is 12.9. The van der Waals surface area contributed by atoms with Crippen LogP contribution in [0, 0.1) is 11.8 Å². The van der Waals surface area contributed by atoms with Gasteiger partial charge in [0.15, 0.2) is 5.65 Å². The molecular weight excluding hydrogens is 491 g/mol. The van der Waals surface area contributed by atoms with E-state index in [2.05, 4.69) is 28.8 Å². The van der Waals surface area contributed by atoms with E-state index in [1.165, 1.54) is 0 Å². The summed E-state index contributed by atoms with van der Waals surface area (Å²) in [6.45, 7) is 4.07. The predicted octanol–water partition coefficient (Wildman–Crippen LogP) is 5.00. The van der Waals surface area contributed by atoms with Crippen LogP contribution < -0.4 is 10.5 Å². The van der Waals surface area contributed by atoms with Gasteiger partial charge in [-0.2, -0.15) is 0 Å². The molecule has 0 aliphatic carbocycles. The minimum atomic E-state index is -0.0971. The molecule has 3 aromatic heterocycles. The Morgan fingerprint density at radius 1 is 1.06 bits per heavy atom. The van der Waals surface area contributed by atoms with E-state index >= 15 is 0 Å². The number of nitrogens with zero attached hydrogens (tertiary/aromatic N) is 4. The molecule has 0 amide bonds. The van der Waals surface area contributed by atoms with E-state index in [9.17, 15) is 4.79 Å². The molecule has 4 aromatic rings. The first-order chi connectivity index (χ1) is 16.5. The van der Waals surface area contributed by atoms with Crippen LogP contribution in [-0.2, 0) is 11.3 Å². The number of anilines is 1. The van der Waals surface area contributed by atoms with Gasteiger partial charge in [0.1, 0.15) is 0 Å². The lowest BCUT2D eigenvalue weighted by molar-refractivity contribution is 0.177. The highest BCUT2D eigenvalue weighted by atomic mass is 35.5. The van der Waals surface area contributed by atoms with Crippen LogP contribution in [0.3, 0.4) is 0 Å². The topological polar surface area (TPSA) is 52.3 Å². The fraction of sp³-hybridized carbons (Fsp3) is 0.280. The Morgan fingerprint density at radius 3 is 2.59 bits per heavy atom. The number of benzene rings is 1. The van der Waals surface area contributed by atoms with Crippen molar-refractivity contribution in [1.29, 1.82) is 0 Å². The van der Waals surface area contributed by atoms with Crippen molar-refractivity contribution in [2.24, 2.45) is 11.8 Å². The zero-order valence-corrected chi connectivity index (χ0v) is 20.6. The highest BCUT2D eigenvalue weighted by molar-refractivity contribution is 7.78. The second kappa shape index (κ2) is 8.64. The monoisotopic (exact) mass is 512 g/mol. The van der Waals surface area contributed by atoms with Gasteiger partial charge in [0.2, 0.25) is 0 Å². The Labute approximate surface area is 212 Å². The predicted molar refractivity (Wildman–Crippen MR) is 139 cm³/mol. The average molecular weight is 513 g/mol. The van der Waals surface area contributed by atoms with Gasteiger partial charge in [-0.05, 0) is 35.4 Å². The van der Waals surface area contributed by atoms with Crippen LogP contribution in [0.5, 0.6) is 0 Å². The number of pyridine rings is 2. The van der Waals surface area contributed by atoms with Gasteiger partial charge in [-0.3, -0.25) is 8.77 Å². The number of aromatic nitrogens is 3. The molecule has 2 saturated heterocycles. The van der Waals surface area contributed by atoms with Gasteiger partial charge < -0.3 is 14.2 Å². The maximum Gasteiger partial charge on any atom is 0.251 e. The van der Waals surface area contributed by atoms with E-state index in [0.29, 0.717) is 28.4 Å². The number of ether oxygens (including phenoxy) is 1. The largest absolute Gasteiger partial charge is 0.381 e. The number of thiol groups is 1. The summed E-state index contributed by atoms with van der Waals surface area (Å²) in [6, 6.07) is 11.2. The molecule has 0 bridgehead atoms. The highest BCUT2D eigenvalue weighted by Crippen LogP contribution is 2.36. The van der Waals surface area contributed by atoms with Crippen molar-refractivity contribution < 1.29 is 4.74 Å². The van der Waals surface area contributed by atoms with E-state index in [0.717, 1.165) is 59.7 Å². The quantitative estimate of drug-likeness (QED) is 0.391. The first-order valence-corrected chi connectivity index (χ1v) is 12.3. The summed E-state index contributed by atoms with van der Waals surface area (Å²) >= 11 is 16.7. The Hall–Kier alpha value is -2.45. The third-order valence-corrected chi connectivity index (χ3v) is 7.90. The zero-order valence-electron chi connectivity index (χ0n) is 18.2. The van der Waals surface area contributed by atoms with Crippen LogP contribution in [0.4, 0.5) is 5.69 Å². The molecular formula is C25H22Cl2N4O2S. The van der Waals surface area contributed by atoms with Crippen LogP contribution in [-0.4, -0.2) is 39.8 Å². The third-order valence-electron chi connectivity index (χ3n) is 6.86. The fourth-order valence-corrected chi connectivity index (χ4v) is 5.62. The van der Waals surface area contributed by atoms with Crippen molar-refractivity contribution in [3.63, 3.8) is 0 Å². The summed E-state index contributed by atoms with van der Waals surface area (Å²) in [4.78, 5) is 20.0. The third kappa shape index (κ3) is 3.90. The molecule has 2 aliphatic heterocycles. The molecule has 2 aliphatic rings. The molecule has 6 rings (SSSR count). The smallest absolute Gasteiger partial charge is 0.251 e. The first-order valence-electron chi connectivity index (χ1n) is 11.1. The van der Waals surface area contributed by atoms with Crippen LogP contribution in [0.2, 0.25) is 10.0 Å². The van der Waals surface area contributed by atoms with Crippen molar-refractivity contribution in [3.8, 4) is 11.1 Å². The minimum Gasteiger partial charge on any atom is -0.381 e. The summed E-state index contributed by atoms with van der Waals surface area (Å²) < 4.78 is 8.98. The van der Waals surface area contributed by atoms with Crippen molar-refractivity contribution in [2.75, 3.05) is 31.2 Å². The molecule has 9 heteroatoms. The number of hydrogen-bond acceptors (Lipinski definition) is 5. The van der Waals surface area contributed by atoms with Crippen LogP contribution in [0.1, 0.15) is 5.56 Å². The summed E-state index contributed by atoms with van der Waals surface area (Å²) in [6.07, 6.45) is 5.63. The van der Waals surface area contributed by atoms with Gasteiger partial charge >= 0.3 is 0 Å². The normalized spacial score (nSPS) is 19.8. The van der Waals surface area contributed by atoms with Crippen molar-refractivity contribution in [2.45, 2.75) is 6.54 Å². The lowest BCUT2D eigenvalue weighted by atomic mass is 10.0. The van der Waals surface area contributed by atoms with Crippen molar-refractivity contribution in [3.05, 3.63) is 81.0 Å². The van der Waals surface area contributed by atoms with Gasteiger partial charge in [-0.1, -0.05) is 42.1 Å². The van der Waals surface area contributed by atoms with Gasteiger partial charge in [-0.25, -0.2) is 4.98 Å². The van der Waals surface area contributed by atoms with Crippen LogP contribution >= 0.6 is 36.0 Å².